The molecule has 0 heterocycles. The molecule has 0 saturated heterocycles. The first-order chi connectivity index (χ1) is 13.5. The Labute approximate surface area is 205 Å². The molecule has 0 aromatic rings. The van der Waals surface area contributed by atoms with Crippen molar-refractivity contribution in [2.45, 2.75) is 71.1 Å². The molecule has 12 heteroatoms. The van der Waals surface area contributed by atoms with Crippen molar-refractivity contribution in [1.82, 2.24) is 10.6 Å². The van der Waals surface area contributed by atoms with E-state index in [2.05, 4.69) is 17.6 Å². The largest absolute Gasteiger partial charge is 1.00 e. The normalized spacial score (nSPS) is 11.3. The average molecular weight is 482 g/mol. The van der Waals surface area contributed by atoms with Crippen molar-refractivity contribution >= 4 is 26.0 Å². The number of ketones is 1. The molecule has 0 atom stereocenters. The molecule has 0 aromatic heterocycles. The van der Waals surface area contributed by atoms with E-state index in [9.17, 15) is 30.7 Å². The van der Waals surface area contributed by atoms with Gasteiger partial charge in [0.25, 0.3) is 0 Å². The second-order valence-corrected chi connectivity index (χ2v) is 9.97. The number of carbonyl (C=O) groups is 1. The Bertz CT molecular complexity index is 600. The molecule has 0 spiro atoms. The first kappa shape index (κ1) is 35.0. The Hall–Kier alpha value is 0.410. The molecule has 2 N–H and O–H groups in total. The second-order valence-electron chi connectivity index (χ2n) is 6.92. The molecule has 0 aromatic carbocycles. The number of carbonyl (C=O) groups excluding carboxylic acids is 1. The van der Waals surface area contributed by atoms with E-state index in [1.54, 1.807) is 7.05 Å². The second kappa shape index (κ2) is 22.6. The third-order valence-corrected chi connectivity index (χ3v) is 5.42. The number of hydrogen-bond donors (Lipinski definition) is 2. The Morgan fingerprint density at radius 2 is 1.20 bits per heavy atom. The summed E-state index contributed by atoms with van der Waals surface area (Å²) in [7, 11) is -6.59. The van der Waals surface area contributed by atoms with Crippen LogP contribution in [0.5, 0.6) is 0 Å². The minimum absolute atomic E-state index is 0. The summed E-state index contributed by atoms with van der Waals surface area (Å²) in [5.41, 5.74) is 0. The van der Waals surface area contributed by atoms with Gasteiger partial charge < -0.3 is 19.7 Å². The van der Waals surface area contributed by atoms with Crippen LogP contribution in [-0.4, -0.2) is 69.9 Å². The average Bonchev–Trinajstić information content (AvgIpc) is 2.61. The molecule has 0 saturated carbocycles. The quantitative estimate of drug-likeness (QED) is 0.133. The fraction of sp³-hybridized carbons (Fsp3) is 0.944. The number of nitrogens with one attached hydrogen (secondary N) is 2. The Morgan fingerprint density at radius 3 is 1.60 bits per heavy atom. The van der Waals surface area contributed by atoms with Gasteiger partial charge in [-0.1, -0.05) is 58.3 Å². The molecule has 0 aliphatic heterocycles. The summed E-state index contributed by atoms with van der Waals surface area (Å²) in [4.78, 5) is 11.5. The van der Waals surface area contributed by atoms with Crippen molar-refractivity contribution in [1.29, 1.82) is 0 Å². The first-order valence-corrected chi connectivity index (χ1v) is 13.4. The predicted octanol–water partition coefficient (Wildman–Crippen LogP) is -1.63. The van der Waals surface area contributed by atoms with E-state index in [-0.39, 0.29) is 60.7 Å². The van der Waals surface area contributed by atoms with Crippen molar-refractivity contribution in [2.24, 2.45) is 0 Å². The van der Waals surface area contributed by atoms with Crippen LogP contribution >= 0.6 is 0 Å². The standard InChI is InChI=1S/C15H31NO4S.C3H9NO3S.Na/c1-2-3-4-5-6-7-8-9-10-11-15(17)14-16-12-13-21(18,19)20;1-4-2-3-8(5,6)7;/h16H,2-14H2,1H3,(H,18,19,20);4H,2-3H2,1H3,(H,5,6,7);/q;;+1/p-2. The summed E-state index contributed by atoms with van der Waals surface area (Å²) in [6.07, 6.45) is 11.5. The maximum absolute atomic E-state index is 11.5. The summed E-state index contributed by atoms with van der Waals surface area (Å²) in [5.74, 6) is -0.705. The number of hydrogen-bond acceptors (Lipinski definition) is 9. The fourth-order valence-electron chi connectivity index (χ4n) is 2.37. The maximum Gasteiger partial charge on any atom is 1.00 e. The molecule has 0 unspecified atom stereocenters. The van der Waals surface area contributed by atoms with Crippen molar-refractivity contribution in [3.63, 3.8) is 0 Å². The van der Waals surface area contributed by atoms with Gasteiger partial charge in [-0.15, -0.1) is 0 Å². The van der Waals surface area contributed by atoms with Gasteiger partial charge in [0.05, 0.1) is 38.3 Å². The van der Waals surface area contributed by atoms with Crippen LogP contribution in [0.1, 0.15) is 71.1 Å². The van der Waals surface area contributed by atoms with E-state index >= 15 is 0 Å². The van der Waals surface area contributed by atoms with E-state index < -0.39 is 26.0 Å². The number of Topliss-reactive ketones (excluding diaryl/α,β-unsaturated/α-hetero) is 1. The van der Waals surface area contributed by atoms with E-state index in [1.807, 2.05) is 0 Å². The molecule has 0 bridgehead atoms. The molecule has 0 rings (SSSR count). The molecule has 0 aliphatic carbocycles. The third-order valence-electron chi connectivity index (χ3n) is 4.01. The van der Waals surface area contributed by atoms with Crippen LogP contribution < -0.4 is 40.2 Å². The van der Waals surface area contributed by atoms with Crippen LogP contribution in [0.3, 0.4) is 0 Å². The number of rotatable bonds is 18. The van der Waals surface area contributed by atoms with E-state index in [1.165, 1.54) is 44.9 Å². The van der Waals surface area contributed by atoms with Crippen LogP contribution in [0, 0.1) is 0 Å². The molecule has 0 radical (unpaired) electrons. The van der Waals surface area contributed by atoms with Gasteiger partial charge in [-0.25, -0.2) is 16.8 Å². The van der Waals surface area contributed by atoms with Crippen LogP contribution in [0.2, 0.25) is 0 Å². The van der Waals surface area contributed by atoms with Crippen molar-refractivity contribution in [2.75, 3.05) is 38.2 Å². The topological polar surface area (TPSA) is 156 Å². The van der Waals surface area contributed by atoms with Gasteiger partial charge in [0.2, 0.25) is 0 Å². The SMILES string of the molecule is CCCCCCCCCCCC(=O)CNCCS(=O)(=O)[O-].CNCCS(=O)(=O)[O-].[Na+]. The minimum atomic E-state index is -4.18. The molecular weight excluding hydrogens is 443 g/mol. The van der Waals surface area contributed by atoms with Gasteiger partial charge in [-0.2, -0.15) is 0 Å². The minimum Gasteiger partial charge on any atom is -0.748 e. The zero-order valence-corrected chi connectivity index (χ0v) is 22.4. The van der Waals surface area contributed by atoms with E-state index in [0.29, 0.717) is 6.42 Å². The summed E-state index contributed by atoms with van der Waals surface area (Å²) in [6.45, 7) is 2.65. The molecule has 176 valence electrons. The van der Waals surface area contributed by atoms with Gasteiger partial charge in [-0.3, -0.25) is 4.79 Å². The predicted molar refractivity (Wildman–Crippen MR) is 113 cm³/mol. The number of unbranched alkanes of at least 4 members (excludes halogenated alkanes) is 8. The van der Waals surface area contributed by atoms with E-state index in [4.69, 9.17) is 0 Å². The molecule has 0 amide bonds. The van der Waals surface area contributed by atoms with Crippen LogP contribution in [0.15, 0.2) is 0 Å². The molecular formula is C18H38N2NaO7S2-. The molecule has 0 fully saturated rings. The van der Waals surface area contributed by atoms with Crippen molar-refractivity contribution in [3.05, 3.63) is 0 Å². The summed E-state index contributed by atoms with van der Waals surface area (Å²) in [5, 5.41) is 5.24. The third kappa shape index (κ3) is 35.8. The van der Waals surface area contributed by atoms with E-state index in [0.717, 1.165) is 12.8 Å². The fourth-order valence-corrected chi connectivity index (χ4v) is 3.22. The van der Waals surface area contributed by atoms with Crippen LogP contribution in [0.25, 0.3) is 0 Å². The molecule has 30 heavy (non-hydrogen) atoms. The monoisotopic (exact) mass is 481 g/mol. The summed E-state index contributed by atoms with van der Waals surface area (Å²) >= 11 is 0. The zero-order chi connectivity index (χ0) is 22.6. The van der Waals surface area contributed by atoms with Crippen molar-refractivity contribution in [3.8, 4) is 0 Å². The van der Waals surface area contributed by atoms with Gasteiger partial charge in [-0.05, 0) is 13.5 Å². The van der Waals surface area contributed by atoms with Gasteiger partial charge >= 0.3 is 29.6 Å². The van der Waals surface area contributed by atoms with Gasteiger partial charge in [0, 0.05) is 19.5 Å². The Morgan fingerprint density at radius 1 is 0.767 bits per heavy atom. The zero-order valence-electron chi connectivity index (χ0n) is 18.8. The molecule has 9 nitrogen and oxygen atoms in total. The molecule has 0 aliphatic rings. The Balaban J connectivity index is -0.000000686. The smallest absolute Gasteiger partial charge is 0.748 e. The first-order valence-electron chi connectivity index (χ1n) is 10.3. The van der Waals surface area contributed by atoms with Crippen LogP contribution in [-0.2, 0) is 25.0 Å². The summed E-state index contributed by atoms with van der Waals surface area (Å²) < 4.78 is 60.4. The van der Waals surface area contributed by atoms with Gasteiger partial charge in [0.1, 0.15) is 5.78 Å². The van der Waals surface area contributed by atoms with Crippen LogP contribution in [0.4, 0.5) is 0 Å². The Kier molecular flexibility index (Phi) is 26.4. The maximum atomic E-state index is 11.5. The summed E-state index contributed by atoms with van der Waals surface area (Å²) in [6, 6.07) is 0. The van der Waals surface area contributed by atoms with Crippen molar-refractivity contribution < 1.29 is 60.3 Å². The van der Waals surface area contributed by atoms with Gasteiger partial charge in [0.15, 0.2) is 0 Å².